The summed E-state index contributed by atoms with van der Waals surface area (Å²) in [6.45, 7) is 0.479. The first-order chi connectivity index (χ1) is 12.0. The van der Waals surface area contributed by atoms with Crippen LogP contribution >= 0.6 is 27.5 Å². The van der Waals surface area contributed by atoms with E-state index in [1.807, 2.05) is 24.3 Å². The second-order valence-electron chi connectivity index (χ2n) is 6.45. The van der Waals surface area contributed by atoms with Gasteiger partial charge in [-0.2, -0.15) is 4.37 Å². The largest absolute Gasteiger partial charge is 0.481 e. The van der Waals surface area contributed by atoms with Gasteiger partial charge in [-0.05, 0) is 66.4 Å². The van der Waals surface area contributed by atoms with Crippen LogP contribution in [-0.2, 0) is 4.79 Å². The van der Waals surface area contributed by atoms with Gasteiger partial charge >= 0.3 is 5.97 Å². The molecule has 1 aromatic carbocycles. The summed E-state index contributed by atoms with van der Waals surface area (Å²) in [5.41, 5.74) is 1.57. The molecule has 0 bridgehead atoms. The van der Waals surface area contributed by atoms with E-state index in [1.54, 1.807) is 11.4 Å². The highest BCUT2D eigenvalue weighted by Crippen LogP contribution is 2.39. The third kappa shape index (κ3) is 4.67. The predicted octanol–water partition coefficient (Wildman–Crippen LogP) is 3.92. The van der Waals surface area contributed by atoms with E-state index in [0.29, 0.717) is 25.1 Å². The Kier molecular flexibility index (Phi) is 5.86. The summed E-state index contributed by atoms with van der Waals surface area (Å²) in [7, 11) is 0. The van der Waals surface area contributed by atoms with Crippen molar-refractivity contribution in [3.05, 3.63) is 51.4 Å². The minimum absolute atomic E-state index is 0.145. The van der Waals surface area contributed by atoms with Crippen LogP contribution in [0.2, 0.25) is 0 Å². The lowest BCUT2D eigenvalue weighted by atomic mass is 9.72. The number of nitrogens with zero attached hydrogens (tertiary/aromatic N) is 1. The Morgan fingerprint density at radius 2 is 1.96 bits per heavy atom. The van der Waals surface area contributed by atoms with Crippen LogP contribution in [0.25, 0.3) is 0 Å². The second kappa shape index (κ2) is 8.10. The Labute approximate surface area is 158 Å². The third-order valence-electron chi connectivity index (χ3n) is 4.72. The van der Waals surface area contributed by atoms with Gasteiger partial charge in [-0.25, -0.2) is 0 Å². The van der Waals surface area contributed by atoms with Gasteiger partial charge in [0, 0.05) is 16.4 Å². The van der Waals surface area contributed by atoms with Crippen molar-refractivity contribution in [2.45, 2.75) is 25.2 Å². The van der Waals surface area contributed by atoms with E-state index in [9.17, 15) is 14.7 Å². The smallest absolute Gasteiger partial charge is 0.306 e. The van der Waals surface area contributed by atoms with Crippen LogP contribution in [0.3, 0.4) is 0 Å². The monoisotopic (exact) mass is 422 g/mol. The van der Waals surface area contributed by atoms with Crippen molar-refractivity contribution in [1.82, 2.24) is 9.69 Å². The zero-order valence-electron chi connectivity index (χ0n) is 13.5. The van der Waals surface area contributed by atoms with Gasteiger partial charge in [0.2, 0.25) is 0 Å². The van der Waals surface area contributed by atoms with Crippen LogP contribution in [0.15, 0.2) is 40.2 Å². The number of carbonyl (C=O) groups excluding carboxylic acids is 1. The Hall–Kier alpha value is -1.73. The van der Waals surface area contributed by atoms with Crippen LogP contribution < -0.4 is 5.32 Å². The Bertz CT molecular complexity index is 733. The summed E-state index contributed by atoms with van der Waals surface area (Å²) in [6, 6.07) is 9.75. The van der Waals surface area contributed by atoms with Gasteiger partial charge in [0.1, 0.15) is 5.69 Å². The van der Waals surface area contributed by atoms with E-state index in [1.165, 1.54) is 11.5 Å². The molecular weight excluding hydrogens is 404 g/mol. The van der Waals surface area contributed by atoms with Crippen LogP contribution in [0, 0.1) is 11.8 Å². The summed E-state index contributed by atoms with van der Waals surface area (Å²) in [5.74, 6) is -0.977. The zero-order chi connectivity index (χ0) is 17.8. The number of aliphatic carboxylic acids is 1. The first kappa shape index (κ1) is 18.1. The summed E-state index contributed by atoms with van der Waals surface area (Å²) >= 11 is 4.67. The van der Waals surface area contributed by atoms with E-state index < -0.39 is 5.97 Å². The van der Waals surface area contributed by atoms with Gasteiger partial charge in [-0.15, -0.1) is 0 Å². The van der Waals surface area contributed by atoms with Gasteiger partial charge in [-0.3, -0.25) is 9.59 Å². The summed E-state index contributed by atoms with van der Waals surface area (Å²) in [4.78, 5) is 23.6. The zero-order valence-corrected chi connectivity index (χ0v) is 15.9. The molecule has 3 unspecified atom stereocenters. The first-order valence-corrected chi connectivity index (χ1v) is 9.82. The van der Waals surface area contributed by atoms with Crippen LogP contribution in [0.1, 0.15) is 41.2 Å². The molecule has 0 aliphatic heterocycles. The fraction of sp³-hybridized carbons (Fsp3) is 0.389. The lowest BCUT2D eigenvalue weighted by Gasteiger charge is -2.33. The number of halogens is 1. The summed E-state index contributed by atoms with van der Waals surface area (Å²) in [5, 5.41) is 14.2. The van der Waals surface area contributed by atoms with Crippen molar-refractivity contribution in [3.63, 3.8) is 0 Å². The molecular formula is C18H19BrN2O3S. The molecule has 0 saturated heterocycles. The highest BCUT2D eigenvalue weighted by Gasteiger charge is 2.33. The minimum Gasteiger partial charge on any atom is -0.481 e. The standard InChI is InChI=1S/C18H19BrN2O3S/c19-15-3-1-12(2-4-15)13-7-11(8-14(9-13)18(23)24)10-20-17(22)16-5-6-25-21-16/h1-6,11,13-14H,7-10H2,(H,20,22)(H,23,24). The molecule has 3 atom stereocenters. The highest BCUT2D eigenvalue weighted by atomic mass is 79.9. The number of carboxylic acid groups (broad SMARTS) is 1. The maximum Gasteiger partial charge on any atom is 0.306 e. The van der Waals surface area contributed by atoms with Crippen LogP contribution in [0.4, 0.5) is 0 Å². The molecule has 2 aromatic rings. The molecule has 1 saturated carbocycles. The molecule has 0 spiro atoms. The lowest BCUT2D eigenvalue weighted by Crippen LogP contribution is -2.35. The Morgan fingerprint density at radius 3 is 2.60 bits per heavy atom. The number of hydrogen-bond acceptors (Lipinski definition) is 4. The van der Waals surface area contributed by atoms with Crippen molar-refractivity contribution in [2.75, 3.05) is 6.54 Å². The molecule has 1 aliphatic rings. The highest BCUT2D eigenvalue weighted by molar-refractivity contribution is 9.10. The average Bonchev–Trinajstić information content (AvgIpc) is 3.14. The number of amides is 1. The van der Waals surface area contributed by atoms with Crippen molar-refractivity contribution >= 4 is 39.3 Å². The lowest BCUT2D eigenvalue weighted by molar-refractivity contribution is -0.143. The van der Waals surface area contributed by atoms with Crippen molar-refractivity contribution in [3.8, 4) is 0 Å². The number of aromatic nitrogens is 1. The van der Waals surface area contributed by atoms with Crippen LogP contribution in [-0.4, -0.2) is 27.9 Å². The molecule has 132 valence electrons. The van der Waals surface area contributed by atoms with E-state index >= 15 is 0 Å². The summed E-state index contributed by atoms with van der Waals surface area (Å²) < 4.78 is 5.03. The topological polar surface area (TPSA) is 79.3 Å². The molecule has 5 nitrogen and oxygen atoms in total. The molecule has 1 aliphatic carbocycles. The molecule has 1 fully saturated rings. The number of benzene rings is 1. The van der Waals surface area contributed by atoms with Crippen molar-refractivity contribution in [1.29, 1.82) is 0 Å². The van der Waals surface area contributed by atoms with Crippen molar-refractivity contribution in [2.24, 2.45) is 11.8 Å². The molecule has 0 radical (unpaired) electrons. The number of rotatable bonds is 5. The molecule has 7 heteroatoms. The van der Waals surface area contributed by atoms with Crippen molar-refractivity contribution < 1.29 is 14.7 Å². The molecule has 1 amide bonds. The second-order valence-corrected chi connectivity index (χ2v) is 8.03. The van der Waals surface area contributed by atoms with E-state index in [2.05, 4.69) is 25.6 Å². The molecule has 25 heavy (non-hydrogen) atoms. The number of carbonyl (C=O) groups is 2. The van der Waals surface area contributed by atoms with E-state index in [-0.39, 0.29) is 23.7 Å². The fourth-order valence-electron chi connectivity index (χ4n) is 3.47. The molecule has 3 rings (SSSR count). The van der Waals surface area contributed by atoms with Gasteiger partial charge in [0.25, 0.3) is 5.91 Å². The van der Waals surface area contributed by atoms with Gasteiger partial charge in [0.05, 0.1) is 5.92 Å². The van der Waals surface area contributed by atoms with Crippen LogP contribution in [0.5, 0.6) is 0 Å². The van der Waals surface area contributed by atoms with E-state index in [4.69, 9.17) is 0 Å². The Balaban J connectivity index is 1.67. The molecule has 1 aromatic heterocycles. The summed E-state index contributed by atoms with van der Waals surface area (Å²) in [6.07, 6.45) is 2.12. The van der Waals surface area contributed by atoms with E-state index in [0.717, 1.165) is 16.5 Å². The molecule has 2 N–H and O–H groups in total. The quantitative estimate of drug-likeness (QED) is 0.764. The Morgan fingerprint density at radius 1 is 1.20 bits per heavy atom. The number of nitrogens with one attached hydrogen (secondary N) is 1. The maximum atomic E-state index is 12.1. The normalized spacial score (nSPS) is 23.2. The predicted molar refractivity (Wildman–Crippen MR) is 99.8 cm³/mol. The van der Waals surface area contributed by atoms with Gasteiger partial charge in [-0.1, -0.05) is 28.1 Å². The average molecular weight is 423 g/mol. The van der Waals surface area contributed by atoms with Gasteiger partial charge < -0.3 is 10.4 Å². The number of carboxylic acids is 1. The minimum atomic E-state index is -0.752. The fourth-order valence-corrected chi connectivity index (χ4v) is 4.24. The first-order valence-electron chi connectivity index (χ1n) is 8.19. The van der Waals surface area contributed by atoms with Gasteiger partial charge in [0.15, 0.2) is 0 Å². The number of hydrogen-bond donors (Lipinski definition) is 2. The molecule has 1 heterocycles. The third-order valence-corrected chi connectivity index (χ3v) is 5.81. The SMILES string of the molecule is O=C(NCC1CC(C(=O)O)CC(c2ccc(Br)cc2)C1)c1ccsn1. The maximum absolute atomic E-state index is 12.1.